The summed E-state index contributed by atoms with van der Waals surface area (Å²) in [6.07, 6.45) is 1.99. The van der Waals surface area contributed by atoms with Gasteiger partial charge in [-0.25, -0.2) is 17.9 Å². The van der Waals surface area contributed by atoms with Gasteiger partial charge in [-0.05, 0) is 24.1 Å². The zero-order valence-electron chi connectivity index (χ0n) is 16.2. The molecule has 1 aromatic heterocycles. The van der Waals surface area contributed by atoms with Gasteiger partial charge in [-0.15, -0.1) is 0 Å². The van der Waals surface area contributed by atoms with Crippen molar-refractivity contribution < 1.29 is 42.6 Å². The van der Waals surface area contributed by atoms with E-state index in [2.05, 4.69) is 0 Å². The maximum absolute atomic E-state index is 13.5. The van der Waals surface area contributed by atoms with E-state index < -0.39 is 39.2 Å². The van der Waals surface area contributed by atoms with Crippen LogP contribution in [0.3, 0.4) is 0 Å². The molecule has 0 spiro atoms. The Kier molecular flexibility index (Phi) is 7.05. The molecule has 1 amide bonds. The fourth-order valence-corrected chi connectivity index (χ4v) is 3.71. The van der Waals surface area contributed by atoms with Crippen molar-refractivity contribution in [2.24, 2.45) is 0 Å². The first-order valence-electron chi connectivity index (χ1n) is 8.63. The lowest BCUT2D eigenvalue weighted by molar-refractivity contribution is -0.137. The van der Waals surface area contributed by atoms with E-state index in [1.165, 1.54) is 6.07 Å². The van der Waals surface area contributed by atoms with Gasteiger partial charge in [0.05, 0.1) is 18.6 Å². The molecule has 0 saturated heterocycles. The molecule has 0 saturated carbocycles. The maximum atomic E-state index is 13.5. The number of carbonyl (C=O) groups is 2. The van der Waals surface area contributed by atoms with E-state index in [-0.39, 0.29) is 42.0 Å². The highest BCUT2D eigenvalue weighted by atomic mass is 32.2. The van der Waals surface area contributed by atoms with Crippen LogP contribution in [0.2, 0.25) is 0 Å². The number of rotatable bonds is 9. The molecule has 10 nitrogen and oxygen atoms in total. The van der Waals surface area contributed by atoms with E-state index in [9.17, 15) is 32.6 Å². The fourth-order valence-electron chi connectivity index (χ4n) is 2.77. The quantitative estimate of drug-likeness (QED) is 0.493. The second kappa shape index (κ2) is 9.13. The number of carboxylic acids is 1. The molecule has 1 aromatic carbocycles. The van der Waals surface area contributed by atoms with Crippen LogP contribution in [0.15, 0.2) is 29.3 Å². The van der Waals surface area contributed by atoms with Gasteiger partial charge in [0.2, 0.25) is 5.88 Å². The zero-order chi connectivity index (χ0) is 22.6. The van der Waals surface area contributed by atoms with Crippen LogP contribution in [-0.2, 0) is 32.6 Å². The van der Waals surface area contributed by atoms with Gasteiger partial charge < -0.3 is 19.9 Å². The van der Waals surface area contributed by atoms with Crippen LogP contribution in [0.25, 0.3) is 0 Å². The third-order valence-electron chi connectivity index (χ3n) is 4.23. The second-order valence-corrected chi connectivity index (χ2v) is 8.44. The highest BCUT2D eigenvalue weighted by Gasteiger charge is 2.27. The third-order valence-corrected chi connectivity index (χ3v) is 5.41. The smallest absolute Gasteiger partial charge is 0.303 e. The number of aromatic nitrogens is 1. The van der Waals surface area contributed by atoms with E-state index in [0.717, 1.165) is 41.3 Å². The number of hydroxylamine groups is 2. The van der Waals surface area contributed by atoms with Crippen molar-refractivity contribution in [3.8, 4) is 11.6 Å². The Hall–Kier alpha value is -3.12. The van der Waals surface area contributed by atoms with Gasteiger partial charge in [0, 0.05) is 25.4 Å². The molecule has 0 bridgehead atoms. The van der Waals surface area contributed by atoms with Crippen LogP contribution in [0.5, 0.6) is 11.6 Å². The molecule has 0 atom stereocenters. The summed E-state index contributed by atoms with van der Waals surface area (Å²) in [5, 5.41) is 29.5. The molecule has 12 heteroatoms. The van der Waals surface area contributed by atoms with Gasteiger partial charge in [-0.1, -0.05) is 6.07 Å². The van der Waals surface area contributed by atoms with Gasteiger partial charge in [-0.3, -0.25) is 14.4 Å². The summed E-state index contributed by atoms with van der Waals surface area (Å²) in [6.45, 7) is -0.357. The van der Waals surface area contributed by atoms with Gasteiger partial charge in [0.25, 0.3) is 5.91 Å². The van der Waals surface area contributed by atoms with Crippen molar-refractivity contribution in [1.29, 1.82) is 0 Å². The number of amides is 1. The third kappa shape index (κ3) is 5.27. The van der Waals surface area contributed by atoms with Gasteiger partial charge in [0.1, 0.15) is 11.4 Å². The molecule has 1 heterocycles. The van der Waals surface area contributed by atoms with Crippen LogP contribution < -0.4 is 0 Å². The number of aliphatic carboxylic acids is 1. The second-order valence-electron chi connectivity index (χ2n) is 6.45. The van der Waals surface area contributed by atoms with Gasteiger partial charge in [0.15, 0.2) is 15.6 Å². The van der Waals surface area contributed by atoms with Gasteiger partial charge >= 0.3 is 5.97 Å². The average molecular weight is 444 g/mol. The lowest BCUT2D eigenvalue weighted by Crippen LogP contribution is -2.30. The molecular formula is C18H21FN2O8S. The van der Waals surface area contributed by atoms with Crippen molar-refractivity contribution in [3.05, 3.63) is 41.3 Å². The van der Waals surface area contributed by atoms with Crippen LogP contribution in [0, 0.1) is 5.82 Å². The Morgan fingerprint density at radius 1 is 1.27 bits per heavy atom. The number of benzene rings is 1. The molecule has 2 aromatic rings. The first-order valence-corrected chi connectivity index (χ1v) is 10.5. The number of hydrogen-bond donors (Lipinski definition) is 3. The minimum absolute atomic E-state index is 0.0299. The molecule has 0 radical (unpaired) electrons. The molecular weight excluding hydrogens is 423 g/mol. The first-order chi connectivity index (χ1) is 14.0. The van der Waals surface area contributed by atoms with Crippen LogP contribution in [0.1, 0.15) is 28.8 Å². The predicted octanol–water partition coefficient (Wildman–Crippen LogP) is 1.51. The van der Waals surface area contributed by atoms with E-state index in [1.54, 1.807) is 0 Å². The highest BCUT2D eigenvalue weighted by molar-refractivity contribution is 7.90. The van der Waals surface area contributed by atoms with Crippen LogP contribution in [0.4, 0.5) is 4.39 Å². The molecule has 30 heavy (non-hydrogen) atoms. The molecule has 0 aliphatic rings. The lowest BCUT2D eigenvalue weighted by atomic mass is 10.2. The minimum atomic E-state index is -3.80. The zero-order valence-corrected chi connectivity index (χ0v) is 17.0. The minimum Gasteiger partial charge on any atom is -0.503 e. The van der Waals surface area contributed by atoms with Crippen molar-refractivity contribution in [2.45, 2.75) is 30.8 Å². The largest absolute Gasteiger partial charge is 0.503 e. The lowest BCUT2D eigenvalue weighted by Gasteiger charge is -2.20. The number of carbonyl (C=O) groups excluding carboxylic acids is 1. The van der Waals surface area contributed by atoms with Gasteiger partial charge in [-0.2, -0.15) is 0 Å². The van der Waals surface area contributed by atoms with Crippen molar-refractivity contribution in [1.82, 2.24) is 9.63 Å². The summed E-state index contributed by atoms with van der Waals surface area (Å²) in [5.41, 5.74) is -0.258. The molecule has 0 aliphatic heterocycles. The number of carboxylic acid groups (broad SMARTS) is 1. The summed E-state index contributed by atoms with van der Waals surface area (Å²) in [7, 11) is -2.66. The summed E-state index contributed by atoms with van der Waals surface area (Å²) < 4.78 is 38.5. The van der Waals surface area contributed by atoms with Crippen molar-refractivity contribution in [2.75, 3.05) is 13.4 Å². The van der Waals surface area contributed by atoms with Crippen LogP contribution in [-0.4, -0.2) is 58.6 Å². The van der Waals surface area contributed by atoms with Crippen LogP contribution >= 0.6 is 0 Å². The van der Waals surface area contributed by atoms with Crippen molar-refractivity contribution >= 4 is 21.7 Å². The SMILES string of the molecule is CON(Cc1ccc(F)cc1S(C)(=O)=O)C(=O)c1cn(CCCC(=O)O)c(O)c1O. The standard InChI is InChI=1S/C18H21FN2O8S/c1-29-21(9-11-5-6-12(19)8-14(11)30(2,27)28)17(25)13-10-20(18(26)16(13)24)7-3-4-15(22)23/h5-6,8,10,24,26H,3-4,7,9H2,1-2H3,(H,22,23). The average Bonchev–Trinajstić information content (AvgIpc) is 2.94. The predicted molar refractivity (Wildman–Crippen MR) is 101 cm³/mol. The molecule has 164 valence electrons. The molecule has 3 N–H and O–H groups in total. The van der Waals surface area contributed by atoms with E-state index in [1.807, 2.05) is 0 Å². The Balaban J connectivity index is 2.31. The molecule has 2 rings (SSSR count). The van der Waals surface area contributed by atoms with E-state index in [4.69, 9.17) is 9.94 Å². The number of halogens is 1. The Labute approximate surface area is 171 Å². The van der Waals surface area contributed by atoms with E-state index in [0.29, 0.717) is 0 Å². The Morgan fingerprint density at radius 3 is 2.50 bits per heavy atom. The summed E-state index contributed by atoms with van der Waals surface area (Å²) in [6, 6.07) is 3.05. The summed E-state index contributed by atoms with van der Waals surface area (Å²) in [5.74, 6) is -4.06. The Bertz CT molecular complexity index is 1060. The Morgan fingerprint density at radius 2 is 1.93 bits per heavy atom. The number of aromatic hydroxyl groups is 2. The number of sulfone groups is 1. The number of aryl methyl sites for hydroxylation is 1. The normalized spacial score (nSPS) is 11.4. The molecule has 0 aliphatic carbocycles. The molecule has 0 unspecified atom stereocenters. The summed E-state index contributed by atoms with van der Waals surface area (Å²) in [4.78, 5) is 28.1. The highest BCUT2D eigenvalue weighted by Crippen LogP contribution is 2.33. The number of hydrogen-bond acceptors (Lipinski definition) is 7. The maximum Gasteiger partial charge on any atom is 0.303 e. The molecule has 0 fully saturated rings. The summed E-state index contributed by atoms with van der Waals surface area (Å²) >= 11 is 0. The topological polar surface area (TPSA) is 146 Å². The fraction of sp³-hybridized carbons (Fsp3) is 0.333. The van der Waals surface area contributed by atoms with Crippen molar-refractivity contribution in [3.63, 3.8) is 0 Å². The number of nitrogens with zero attached hydrogens (tertiary/aromatic N) is 2. The monoisotopic (exact) mass is 444 g/mol. The van der Waals surface area contributed by atoms with E-state index >= 15 is 0 Å². The first kappa shape index (κ1) is 23.2.